The third-order valence-electron chi connectivity index (χ3n) is 6.63. The van der Waals surface area contributed by atoms with Gasteiger partial charge in [-0.25, -0.2) is 13.2 Å². The maximum Gasteiger partial charge on any atom is 0.340 e. The van der Waals surface area contributed by atoms with Crippen LogP contribution in [0.3, 0.4) is 0 Å². The first kappa shape index (κ1) is 32.8. The van der Waals surface area contributed by atoms with Gasteiger partial charge < -0.3 is 14.1 Å². The summed E-state index contributed by atoms with van der Waals surface area (Å²) in [5, 5.41) is 1.04. The Labute approximate surface area is 266 Å². The smallest absolute Gasteiger partial charge is 0.340 e. The van der Waals surface area contributed by atoms with Gasteiger partial charge in [0.1, 0.15) is 11.5 Å². The second-order valence-corrected chi connectivity index (χ2v) is 13.5. The maximum atomic E-state index is 13.7. The van der Waals surface area contributed by atoms with Gasteiger partial charge in [0, 0.05) is 23.8 Å². The van der Waals surface area contributed by atoms with Crippen LogP contribution in [0.25, 0.3) is 6.08 Å². The molecule has 0 atom stereocenters. The molecule has 0 unspecified atom stereocenters. The number of carbonyl (C=O) groups is 2. The number of hydrogen-bond donors (Lipinski definition) is 0. The Morgan fingerprint density at radius 3 is 2.35 bits per heavy atom. The van der Waals surface area contributed by atoms with E-state index in [0.29, 0.717) is 38.6 Å². The van der Waals surface area contributed by atoms with Gasteiger partial charge in [0.05, 0.1) is 39.2 Å². The lowest BCUT2D eigenvalue weighted by atomic mass is 10.1. The van der Waals surface area contributed by atoms with E-state index >= 15 is 0 Å². The standard InChI is InChI=1S/C31H31Cl3N2O6S/c1-5-41-31(38)29-20(4)36(16-19(2)3)30(37)26(29)15-23-9-10-24(42-23)18-35(17-21-6-13-27(33)28(34)14-21)43(39,40)25-11-7-22(32)8-12-25/h6-15,19H,5,16-18H2,1-4H3/b26-15+. The molecular weight excluding hydrogens is 635 g/mol. The second-order valence-electron chi connectivity index (χ2n) is 10.3. The number of nitrogens with zero attached hydrogens (tertiary/aromatic N) is 2. The van der Waals surface area contributed by atoms with Gasteiger partial charge in [0.25, 0.3) is 5.91 Å². The SMILES string of the molecule is CCOC(=O)C1=C(C)N(CC(C)C)C(=O)/C1=C/c1ccc(CN(Cc2ccc(Cl)c(Cl)c2)S(=O)(=O)c2ccc(Cl)cc2)o1. The van der Waals surface area contributed by atoms with E-state index in [1.165, 1.54) is 34.6 Å². The van der Waals surface area contributed by atoms with Gasteiger partial charge in [0.2, 0.25) is 10.0 Å². The minimum Gasteiger partial charge on any atom is -0.462 e. The molecule has 2 heterocycles. The number of carbonyl (C=O) groups excluding carboxylic acids is 2. The normalized spacial score (nSPS) is 15.0. The number of rotatable bonds is 11. The molecule has 43 heavy (non-hydrogen) atoms. The van der Waals surface area contributed by atoms with Crippen molar-refractivity contribution in [3.63, 3.8) is 0 Å². The van der Waals surface area contributed by atoms with Crippen molar-refractivity contribution in [2.45, 2.75) is 45.7 Å². The van der Waals surface area contributed by atoms with E-state index in [1.807, 2.05) is 13.8 Å². The van der Waals surface area contributed by atoms with Crippen LogP contribution in [0.15, 0.2) is 80.8 Å². The van der Waals surface area contributed by atoms with E-state index in [4.69, 9.17) is 44.0 Å². The zero-order chi connectivity index (χ0) is 31.5. The largest absolute Gasteiger partial charge is 0.462 e. The predicted octanol–water partition coefficient (Wildman–Crippen LogP) is 7.35. The van der Waals surface area contributed by atoms with E-state index in [-0.39, 0.29) is 53.3 Å². The Kier molecular flexibility index (Phi) is 10.5. The van der Waals surface area contributed by atoms with Crippen LogP contribution in [-0.2, 0) is 37.4 Å². The summed E-state index contributed by atoms with van der Waals surface area (Å²) >= 11 is 18.3. The molecule has 8 nitrogen and oxygen atoms in total. The Hall–Kier alpha value is -3.08. The third kappa shape index (κ3) is 7.53. The molecule has 1 aliphatic rings. The number of esters is 1. The maximum absolute atomic E-state index is 13.7. The monoisotopic (exact) mass is 664 g/mol. The number of furan rings is 1. The van der Waals surface area contributed by atoms with Crippen LogP contribution in [-0.4, -0.2) is 42.7 Å². The highest BCUT2D eigenvalue weighted by Gasteiger charge is 2.37. The molecule has 0 fully saturated rings. The van der Waals surface area contributed by atoms with Crippen molar-refractivity contribution in [3.8, 4) is 0 Å². The highest BCUT2D eigenvalue weighted by molar-refractivity contribution is 7.89. The van der Waals surface area contributed by atoms with E-state index in [2.05, 4.69) is 0 Å². The lowest BCUT2D eigenvalue weighted by Gasteiger charge is -2.22. The first-order valence-electron chi connectivity index (χ1n) is 13.5. The molecule has 3 aromatic rings. The fourth-order valence-corrected chi connectivity index (χ4v) is 6.45. The topological polar surface area (TPSA) is 97.1 Å². The summed E-state index contributed by atoms with van der Waals surface area (Å²) in [4.78, 5) is 27.8. The first-order valence-corrected chi connectivity index (χ1v) is 16.1. The van der Waals surface area contributed by atoms with Gasteiger partial charge in [-0.1, -0.05) is 54.7 Å². The number of benzene rings is 2. The molecule has 0 radical (unpaired) electrons. The van der Waals surface area contributed by atoms with Crippen LogP contribution in [0.1, 0.15) is 44.8 Å². The molecule has 228 valence electrons. The van der Waals surface area contributed by atoms with E-state index < -0.39 is 16.0 Å². The average molecular weight is 666 g/mol. The summed E-state index contributed by atoms with van der Waals surface area (Å²) in [6, 6.07) is 14.0. The second kappa shape index (κ2) is 13.7. The molecule has 0 N–H and O–H groups in total. The zero-order valence-electron chi connectivity index (χ0n) is 24.1. The Morgan fingerprint density at radius 1 is 1.02 bits per heavy atom. The van der Waals surface area contributed by atoms with Crippen LogP contribution in [0.2, 0.25) is 15.1 Å². The van der Waals surface area contributed by atoms with Crippen molar-refractivity contribution in [2.24, 2.45) is 5.92 Å². The Bertz CT molecular complexity index is 1690. The van der Waals surface area contributed by atoms with Crippen LogP contribution in [0.4, 0.5) is 0 Å². The lowest BCUT2D eigenvalue weighted by molar-refractivity contribution is -0.138. The number of amides is 1. The van der Waals surface area contributed by atoms with E-state index in [9.17, 15) is 18.0 Å². The highest BCUT2D eigenvalue weighted by Crippen LogP contribution is 2.33. The molecule has 0 bridgehead atoms. The highest BCUT2D eigenvalue weighted by atomic mass is 35.5. The molecule has 1 amide bonds. The fourth-order valence-electron chi connectivity index (χ4n) is 4.61. The number of halogens is 3. The molecule has 0 aliphatic carbocycles. The molecule has 1 aliphatic heterocycles. The first-order chi connectivity index (χ1) is 20.3. The zero-order valence-corrected chi connectivity index (χ0v) is 27.1. The van der Waals surface area contributed by atoms with Gasteiger partial charge in [-0.05, 0) is 79.9 Å². The van der Waals surface area contributed by atoms with Crippen LogP contribution in [0.5, 0.6) is 0 Å². The minimum atomic E-state index is -4.02. The Balaban J connectivity index is 1.69. The molecule has 1 aromatic heterocycles. The van der Waals surface area contributed by atoms with Crippen LogP contribution < -0.4 is 0 Å². The van der Waals surface area contributed by atoms with Crippen LogP contribution >= 0.6 is 34.8 Å². The van der Waals surface area contributed by atoms with Gasteiger partial charge in [-0.2, -0.15) is 4.31 Å². The fraction of sp³-hybridized carbons (Fsp3) is 0.290. The van der Waals surface area contributed by atoms with Crippen molar-refractivity contribution in [1.29, 1.82) is 0 Å². The summed E-state index contributed by atoms with van der Waals surface area (Å²) in [6.45, 7) is 7.78. The number of hydrogen-bond acceptors (Lipinski definition) is 6. The summed E-state index contributed by atoms with van der Waals surface area (Å²) < 4.78 is 39.9. The van der Waals surface area contributed by atoms with Crippen molar-refractivity contribution in [2.75, 3.05) is 13.2 Å². The van der Waals surface area contributed by atoms with E-state index in [1.54, 1.807) is 49.1 Å². The van der Waals surface area contributed by atoms with Crippen molar-refractivity contribution in [1.82, 2.24) is 9.21 Å². The summed E-state index contributed by atoms with van der Waals surface area (Å²) in [5.74, 6) is -0.177. The molecule has 0 saturated carbocycles. The molecular formula is C31H31Cl3N2O6S. The summed E-state index contributed by atoms with van der Waals surface area (Å²) in [5.41, 5.74) is 1.45. The molecule has 4 rings (SSSR count). The minimum absolute atomic E-state index is 0.0312. The summed E-state index contributed by atoms with van der Waals surface area (Å²) in [7, 11) is -4.02. The molecule has 2 aromatic carbocycles. The molecule has 12 heteroatoms. The van der Waals surface area contributed by atoms with Crippen molar-refractivity contribution < 1.29 is 27.2 Å². The molecule has 0 saturated heterocycles. The average Bonchev–Trinajstić information content (AvgIpc) is 3.48. The van der Waals surface area contributed by atoms with Crippen molar-refractivity contribution in [3.05, 3.63) is 104 Å². The van der Waals surface area contributed by atoms with Gasteiger partial charge in [-0.15, -0.1) is 0 Å². The number of sulfonamides is 1. The van der Waals surface area contributed by atoms with Gasteiger partial charge in [-0.3, -0.25) is 4.79 Å². The quantitative estimate of drug-likeness (QED) is 0.157. The van der Waals surface area contributed by atoms with Gasteiger partial charge >= 0.3 is 5.97 Å². The lowest BCUT2D eigenvalue weighted by Crippen LogP contribution is -2.30. The van der Waals surface area contributed by atoms with E-state index in [0.717, 1.165) is 0 Å². The number of allylic oxidation sites excluding steroid dienone is 1. The predicted molar refractivity (Wildman–Crippen MR) is 167 cm³/mol. The van der Waals surface area contributed by atoms with Gasteiger partial charge in [0.15, 0.2) is 0 Å². The van der Waals surface area contributed by atoms with Crippen LogP contribution in [0, 0.1) is 5.92 Å². The Morgan fingerprint density at radius 2 is 1.72 bits per heavy atom. The third-order valence-corrected chi connectivity index (χ3v) is 9.43. The van der Waals surface area contributed by atoms with Crippen molar-refractivity contribution >= 4 is 62.8 Å². The number of ether oxygens (including phenoxy) is 1. The molecule has 0 spiro atoms. The summed E-state index contributed by atoms with van der Waals surface area (Å²) in [6.07, 6.45) is 1.49.